The normalized spacial score (nSPS) is 12.2. The van der Waals surface area contributed by atoms with Crippen molar-refractivity contribution in [3.63, 3.8) is 0 Å². The molecule has 0 amide bonds. The Hall–Kier alpha value is -1.91. The Morgan fingerprint density at radius 1 is 1.20 bits per heavy atom. The van der Waals surface area contributed by atoms with Crippen LogP contribution in [-0.4, -0.2) is 18.8 Å². The number of aliphatic hydroxyl groups excluding tert-OH is 1. The van der Waals surface area contributed by atoms with Crippen molar-refractivity contribution in [2.24, 2.45) is 0 Å². The average molecular weight is 275 g/mol. The molecule has 0 heterocycles. The number of methoxy groups -OCH3 is 1. The lowest BCUT2D eigenvalue weighted by Gasteiger charge is -2.14. The van der Waals surface area contributed by atoms with Gasteiger partial charge in [-0.25, -0.2) is 4.39 Å². The van der Waals surface area contributed by atoms with Gasteiger partial charge >= 0.3 is 0 Å². The van der Waals surface area contributed by atoms with E-state index in [2.05, 4.69) is 5.32 Å². The van der Waals surface area contributed by atoms with E-state index in [0.717, 1.165) is 11.3 Å². The second-order valence-electron chi connectivity index (χ2n) is 4.58. The smallest absolute Gasteiger partial charge is 0.123 e. The number of nitrogens with one attached hydrogen (secondary N) is 1. The van der Waals surface area contributed by atoms with Crippen LogP contribution in [-0.2, 0) is 11.3 Å². The minimum Gasteiger partial charge on any atom is -0.387 e. The van der Waals surface area contributed by atoms with Crippen LogP contribution in [0.3, 0.4) is 0 Å². The molecule has 2 aromatic rings. The highest BCUT2D eigenvalue weighted by molar-refractivity contribution is 5.46. The minimum atomic E-state index is -0.679. The van der Waals surface area contributed by atoms with Gasteiger partial charge in [-0.3, -0.25) is 0 Å². The molecule has 0 saturated heterocycles. The Kier molecular flexibility index (Phi) is 5.09. The molecular weight excluding hydrogens is 257 g/mol. The molecule has 0 aliphatic rings. The summed E-state index contributed by atoms with van der Waals surface area (Å²) < 4.78 is 17.9. The van der Waals surface area contributed by atoms with E-state index in [0.29, 0.717) is 18.7 Å². The Balaban J connectivity index is 1.94. The summed E-state index contributed by atoms with van der Waals surface area (Å²) in [5.41, 5.74) is 2.67. The molecule has 0 saturated carbocycles. The molecule has 4 heteroatoms. The van der Waals surface area contributed by atoms with Gasteiger partial charge in [0, 0.05) is 19.3 Å². The summed E-state index contributed by atoms with van der Waals surface area (Å²) in [6.45, 7) is 0.915. The highest BCUT2D eigenvalue weighted by Crippen LogP contribution is 2.16. The first-order valence-electron chi connectivity index (χ1n) is 6.44. The summed E-state index contributed by atoms with van der Waals surface area (Å²) in [4.78, 5) is 0. The van der Waals surface area contributed by atoms with Crippen molar-refractivity contribution in [1.82, 2.24) is 0 Å². The molecule has 0 aliphatic heterocycles. The van der Waals surface area contributed by atoms with Gasteiger partial charge in [0.2, 0.25) is 0 Å². The maximum absolute atomic E-state index is 12.8. The van der Waals surface area contributed by atoms with Crippen molar-refractivity contribution in [3.8, 4) is 0 Å². The third kappa shape index (κ3) is 4.05. The summed E-state index contributed by atoms with van der Waals surface area (Å²) in [5, 5.41) is 13.2. The van der Waals surface area contributed by atoms with Gasteiger partial charge in [-0.2, -0.15) is 0 Å². The molecule has 20 heavy (non-hydrogen) atoms. The SMILES string of the molecule is COCc1cccc(NCC(O)c2ccc(F)cc2)c1. The molecule has 106 valence electrons. The van der Waals surface area contributed by atoms with E-state index in [1.807, 2.05) is 24.3 Å². The average Bonchev–Trinajstić information content (AvgIpc) is 2.46. The van der Waals surface area contributed by atoms with Crippen molar-refractivity contribution >= 4 is 5.69 Å². The van der Waals surface area contributed by atoms with E-state index in [1.54, 1.807) is 19.2 Å². The second kappa shape index (κ2) is 7.03. The molecule has 1 atom stereocenters. The van der Waals surface area contributed by atoms with Gasteiger partial charge < -0.3 is 15.2 Å². The summed E-state index contributed by atoms with van der Waals surface area (Å²) in [7, 11) is 1.65. The molecule has 0 spiro atoms. The van der Waals surface area contributed by atoms with E-state index in [4.69, 9.17) is 4.74 Å². The van der Waals surface area contributed by atoms with Gasteiger partial charge in [-0.05, 0) is 35.4 Å². The summed E-state index contributed by atoms with van der Waals surface area (Å²) in [6, 6.07) is 13.7. The van der Waals surface area contributed by atoms with Crippen molar-refractivity contribution < 1.29 is 14.2 Å². The highest BCUT2D eigenvalue weighted by Gasteiger charge is 2.07. The second-order valence-corrected chi connectivity index (χ2v) is 4.58. The maximum atomic E-state index is 12.8. The number of hydrogen-bond acceptors (Lipinski definition) is 3. The van der Waals surface area contributed by atoms with Crippen LogP contribution >= 0.6 is 0 Å². The summed E-state index contributed by atoms with van der Waals surface area (Å²) >= 11 is 0. The van der Waals surface area contributed by atoms with Crippen molar-refractivity contribution in [2.45, 2.75) is 12.7 Å². The molecule has 2 rings (SSSR count). The number of rotatable bonds is 6. The van der Waals surface area contributed by atoms with Crippen LogP contribution in [0.25, 0.3) is 0 Å². The standard InChI is InChI=1S/C16H18FNO2/c1-20-11-12-3-2-4-15(9-12)18-10-16(19)13-5-7-14(17)8-6-13/h2-9,16,18-19H,10-11H2,1H3. The van der Waals surface area contributed by atoms with Crippen molar-refractivity contribution in [3.05, 3.63) is 65.5 Å². The zero-order valence-electron chi connectivity index (χ0n) is 11.3. The molecule has 3 nitrogen and oxygen atoms in total. The first-order valence-corrected chi connectivity index (χ1v) is 6.44. The molecule has 0 bridgehead atoms. The van der Waals surface area contributed by atoms with Crippen LogP contribution in [0.4, 0.5) is 10.1 Å². The lowest BCUT2D eigenvalue weighted by Crippen LogP contribution is -2.12. The lowest BCUT2D eigenvalue weighted by atomic mass is 10.1. The number of halogens is 1. The Morgan fingerprint density at radius 2 is 1.95 bits per heavy atom. The van der Waals surface area contributed by atoms with E-state index in [-0.39, 0.29) is 5.82 Å². The molecular formula is C16H18FNO2. The lowest BCUT2D eigenvalue weighted by molar-refractivity contribution is 0.185. The Bertz CT molecular complexity index is 542. The molecule has 1 unspecified atom stereocenters. The first-order chi connectivity index (χ1) is 9.69. The number of ether oxygens (including phenoxy) is 1. The molecule has 0 aromatic heterocycles. The van der Waals surface area contributed by atoms with E-state index in [9.17, 15) is 9.50 Å². The van der Waals surface area contributed by atoms with Gasteiger partial charge in [0.05, 0.1) is 12.7 Å². The number of anilines is 1. The summed E-state index contributed by atoms with van der Waals surface area (Å²) in [5.74, 6) is -0.304. The first kappa shape index (κ1) is 14.5. The largest absolute Gasteiger partial charge is 0.387 e. The number of hydrogen-bond donors (Lipinski definition) is 2. The van der Waals surface area contributed by atoms with Crippen molar-refractivity contribution in [2.75, 3.05) is 19.0 Å². The van der Waals surface area contributed by atoms with Gasteiger partial charge in [-0.1, -0.05) is 24.3 Å². The van der Waals surface area contributed by atoms with Gasteiger partial charge in [0.15, 0.2) is 0 Å². The Morgan fingerprint density at radius 3 is 2.65 bits per heavy atom. The van der Waals surface area contributed by atoms with Crippen LogP contribution in [0.5, 0.6) is 0 Å². The molecule has 0 radical (unpaired) electrons. The van der Waals surface area contributed by atoms with Gasteiger partial charge in [0.1, 0.15) is 5.82 Å². The van der Waals surface area contributed by atoms with E-state index >= 15 is 0 Å². The molecule has 0 fully saturated rings. The zero-order valence-corrected chi connectivity index (χ0v) is 11.3. The zero-order chi connectivity index (χ0) is 14.4. The van der Waals surface area contributed by atoms with E-state index < -0.39 is 6.10 Å². The van der Waals surface area contributed by atoms with Crippen LogP contribution in [0, 0.1) is 5.82 Å². The predicted octanol–water partition coefficient (Wildman–Crippen LogP) is 3.12. The van der Waals surface area contributed by atoms with Crippen LogP contribution < -0.4 is 5.32 Å². The van der Waals surface area contributed by atoms with E-state index in [1.165, 1.54) is 12.1 Å². The van der Waals surface area contributed by atoms with Crippen LogP contribution in [0.1, 0.15) is 17.2 Å². The monoisotopic (exact) mass is 275 g/mol. The van der Waals surface area contributed by atoms with Crippen molar-refractivity contribution in [1.29, 1.82) is 0 Å². The molecule has 2 N–H and O–H groups in total. The van der Waals surface area contributed by atoms with Gasteiger partial charge in [-0.15, -0.1) is 0 Å². The fourth-order valence-corrected chi connectivity index (χ4v) is 1.96. The maximum Gasteiger partial charge on any atom is 0.123 e. The number of benzene rings is 2. The third-order valence-corrected chi connectivity index (χ3v) is 2.99. The van der Waals surface area contributed by atoms with Crippen LogP contribution in [0.15, 0.2) is 48.5 Å². The predicted molar refractivity (Wildman–Crippen MR) is 77.0 cm³/mol. The quantitative estimate of drug-likeness (QED) is 0.851. The topological polar surface area (TPSA) is 41.5 Å². The fraction of sp³-hybridized carbons (Fsp3) is 0.250. The highest BCUT2D eigenvalue weighted by atomic mass is 19.1. The Labute approximate surface area is 118 Å². The fourth-order valence-electron chi connectivity index (χ4n) is 1.96. The molecule has 2 aromatic carbocycles. The minimum absolute atomic E-state index is 0.304. The third-order valence-electron chi connectivity index (χ3n) is 2.99. The van der Waals surface area contributed by atoms with Gasteiger partial charge in [0.25, 0.3) is 0 Å². The molecule has 0 aliphatic carbocycles. The van der Waals surface area contributed by atoms with Crippen LogP contribution in [0.2, 0.25) is 0 Å². The summed E-state index contributed by atoms with van der Waals surface area (Å²) in [6.07, 6.45) is -0.679. The number of aliphatic hydroxyl groups is 1.